The number of hydrogen-bond acceptors (Lipinski definition) is 13. The monoisotopic (exact) mass is 940 g/mol. The summed E-state index contributed by atoms with van der Waals surface area (Å²) in [7, 11) is 0. The van der Waals surface area contributed by atoms with E-state index in [0.717, 1.165) is 51.4 Å². The molecule has 0 heterocycles. The number of aliphatic hydroxyl groups is 1. The van der Waals surface area contributed by atoms with E-state index in [1.807, 2.05) is 0 Å². The molecule has 0 bridgehead atoms. The Hall–Kier alpha value is -2.77. The Morgan fingerprint density at radius 2 is 0.731 bits per heavy atom. The maximum atomic E-state index is 13.2. The molecular formula is C54H85NO12. The van der Waals surface area contributed by atoms with Crippen LogP contribution >= 0.6 is 0 Å². The molecule has 10 atom stereocenters. The quantitative estimate of drug-likeness (QED) is 0.0431. The molecule has 0 amide bonds. The number of carbonyl (C=O) groups is 5. The maximum absolute atomic E-state index is 13.2. The van der Waals surface area contributed by atoms with E-state index in [1.165, 1.54) is 103 Å². The van der Waals surface area contributed by atoms with Crippen LogP contribution in [0.15, 0.2) is 0 Å². The SMILES string of the molecule is O=C(CCCNCCCC(=O)OC(COC(=O)C1CC2CCCCC2C1)COC(O)C1CC2CCCCC2C1)OC(COC(=O)C1CC2CCCCC2C1)COC(=O)C1CC2CCCCC2C1. The predicted octanol–water partition coefficient (Wildman–Crippen LogP) is 8.79. The molecule has 10 unspecified atom stereocenters. The van der Waals surface area contributed by atoms with Crippen LogP contribution in [0.25, 0.3) is 0 Å². The standard InChI is InChI=1S/C54H85NO12/c56-49(66-47(31-62-51(58)43-23-35-11-1-2-12-36(35)24-43)32-63-52(59)44-25-37-13-3-4-14-38(37)26-44)19-9-21-55-22-10-20-50(57)67-48(33-64-53(60)45-27-39-15-5-6-16-40(39)28-45)34-65-54(61)46-29-41-17-7-8-18-42(41)30-46/h35-48,51,55,58H,1-34H2. The van der Waals surface area contributed by atoms with Gasteiger partial charge in [-0.1, -0.05) is 103 Å². The number of carbonyl (C=O) groups excluding carboxylic acids is 5. The van der Waals surface area contributed by atoms with Crippen LogP contribution in [0.2, 0.25) is 0 Å². The first-order valence-corrected chi connectivity index (χ1v) is 27.5. The summed E-state index contributed by atoms with van der Waals surface area (Å²) in [6.07, 6.45) is 25.2. The molecule has 0 saturated heterocycles. The van der Waals surface area contributed by atoms with E-state index in [-0.39, 0.29) is 80.8 Å². The largest absolute Gasteiger partial charge is 0.461 e. The lowest BCUT2D eigenvalue weighted by Crippen LogP contribution is -2.34. The van der Waals surface area contributed by atoms with Crippen molar-refractivity contribution in [2.45, 2.75) is 198 Å². The topological polar surface area (TPSA) is 173 Å². The van der Waals surface area contributed by atoms with Crippen LogP contribution in [0.3, 0.4) is 0 Å². The summed E-state index contributed by atoms with van der Waals surface area (Å²) < 4.78 is 34.9. The van der Waals surface area contributed by atoms with Crippen molar-refractivity contribution in [1.29, 1.82) is 0 Å². The molecule has 13 heteroatoms. The highest BCUT2D eigenvalue weighted by molar-refractivity contribution is 5.74. The fourth-order valence-corrected chi connectivity index (χ4v) is 14.6. The van der Waals surface area contributed by atoms with E-state index < -0.39 is 30.4 Å². The zero-order valence-electron chi connectivity index (χ0n) is 40.6. The highest BCUT2D eigenvalue weighted by Crippen LogP contribution is 2.49. The Kier molecular flexibility index (Phi) is 19.2. The third-order valence-electron chi connectivity index (χ3n) is 18.2. The molecule has 0 spiro atoms. The normalized spacial score (nSPS) is 34.6. The molecule has 8 aliphatic rings. The number of aliphatic hydroxyl groups excluding tert-OH is 1. The highest BCUT2D eigenvalue weighted by atomic mass is 16.6. The van der Waals surface area contributed by atoms with Crippen molar-refractivity contribution >= 4 is 29.8 Å². The van der Waals surface area contributed by atoms with Gasteiger partial charge >= 0.3 is 29.8 Å². The van der Waals surface area contributed by atoms with Crippen molar-refractivity contribution in [2.24, 2.45) is 71.0 Å². The fourth-order valence-electron chi connectivity index (χ4n) is 14.6. The second kappa shape index (κ2) is 25.4. The number of ether oxygens (including phenoxy) is 6. The lowest BCUT2D eigenvalue weighted by atomic mass is 9.82. The van der Waals surface area contributed by atoms with E-state index in [1.54, 1.807) is 0 Å². The molecule has 0 aromatic carbocycles. The van der Waals surface area contributed by atoms with Crippen molar-refractivity contribution in [3.05, 3.63) is 0 Å². The van der Waals surface area contributed by atoms with Crippen LogP contribution < -0.4 is 5.32 Å². The third kappa shape index (κ3) is 14.6. The van der Waals surface area contributed by atoms with Crippen LogP contribution in [0.5, 0.6) is 0 Å². The average Bonchev–Trinajstić information content (AvgIpc) is 4.17. The summed E-state index contributed by atoms with van der Waals surface area (Å²) in [5, 5.41) is 14.3. The molecule has 8 aliphatic carbocycles. The van der Waals surface area contributed by atoms with Gasteiger partial charge in [-0.3, -0.25) is 24.0 Å². The van der Waals surface area contributed by atoms with E-state index in [0.29, 0.717) is 73.3 Å². The van der Waals surface area contributed by atoms with Gasteiger partial charge in [0, 0.05) is 18.8 Å². The zero-order valence-corrected chi connectivity index (χ0v) is 40.6. The van der Waals surface area contributed by atoms with Crippen molar-refractivity contribution in [1.82, 2.24) is 5.32 Å². The first-order valence-electron chi connectivity index (χ1n) is 27.5. The smallest absolute Gasteiger partial charge is 0.309 e. The van der Waals surface area contributed by atoms with Gasteiger partial charge in [0.05, 0.1) is 24.4 Å². The molecule has 13 nitrogen and oxygen atoms in total. The minimum Gasteiger partial charge on any atom is -0.461 e. The molecule has 8 rings (SSSR count). The van der Waals surface area contributed by atoms with Crippen molar-refractivity contribution in [3.8, 4) is 0 Å². The summed E-state index contributed by atoms with van der Waals surface area (Å²) >= 11 is 0. The van der Waals surface area contributed by atoms with Gasteiger partial charge in [-0.15, -0.1) is 0 Å². The number of nitrogens with one attached hydrogen (secondary N) is 1. The lowest BCUT2D eigenvalue weighted by molar-refractivity contribution is -0.181. The van der Waals surface area contributed by atoms with E-state index in [9.17, 15) is 29.1 Å². The molecule has 378 valence electrons. The minimum atomic E-state index is -0.945. The Labute approximate surface area is 400 Å². The second-order valence-electron chi connectivity index (χ2n) is 22.7. The summed E-state index contributed by atoms with van der Waals surface area (Å²) in [6.45, 7) is 0.641. The fraction of sp³-hybridized carbons (Fsp3) is 0.907. The minimum absolute atomic E-state index is 0.0370. The Morgan fingerprint density at radius 1 is 0.433 bits per heavy atom. The van der Waals surface area contributed by atoms with Gasteiger partial charge in [0.2, 0.25) is 0 Å². The summed E-state index contributed by atoms with van der Waals surface area (Å²) in [5.74, 6) is 3.00. The maximum Gasteiger partial charge on any atom is 0.309 e. The second-order valence-corrected chi connectivity index (χ2v) is 22.7. The third-order valence-corrected chi connectivity index (χ3v) is 18.2. The molecule has 0 aliphatic heterocycles. The summed E-state index contributed by atoms with van der Waals surface area (Å²) in [4.78, 5) is 65.8. The van der Waals surface area contributed by atoms with Crippen LogP contribution in [0, 0.1) is 71.0 Å². The zero-order chi connectivity index (χ0) is 46.5. The number of esters is 5. The van der Waals surface area contributed by atoms with Gasteiger partial charge in [-0.2, -0.15) is 0 Å². The Balaban J connectivity index is 0.737. The van der Waals surface area contributed by atoms with Gasteiger partial charge in [0.1, 0.15) is 19.8 Å². The molecule has 8 saturated carbocycles. The highest BCUT2D eigenvalue weighted by Gasteiger charge is 2.43. The Bertz CT molecular complexity index is 1520. The molecule has 0 aromatic rings. The van der Waals surface area contributed by atoms with Crippen molar-refractivity contribution in [2.75, 3.05) is 39.5 Å². The molecule has 0 radical (unpaired) electrons. The van der Waals surface area contributed by atoms with Gasteiger partial charge < -0.3 is 38.8 Å². The first kappa shape index (κ1) is 50.6. The van der Waals surface area contributed by atoms with Gasteiger partial charge in [-0.05, 0) is 125 Å². The number of fused-ring (bicyclic) bond motifs is 4. The first-order chi connectivity index (χ1) is 32.6. The van der Waals surface area contributed by atoms with Crippen LogP contribution in [0.1, 0.15) is 180 Å². The molecule has 67 heavy (non-hydrogen) atoms. The number of hydrogen-bond donors (Lipinski definition) is 2. The molecule has 2 N–H and O–H groups in total. The van der Waals surface area contributed by atoms with E-state index >= 15 is 0 Å². The van der Waals surface area contributed by atoms with E-state index in [2.05, 4.69) is 5.32 Å². The van der Waals surface area contributed by atoms with Crippen LogP contribution in [-0.4, -0.2) is 93.0 Å². The average molecular weight is 940 g/mol. The summed E-state index contributed by atoms with van der Waals surface area (Å²) in [5.41, 5.74) is 0. The Morgan fingerprint density at radius 3 is 1.06 bits per heavy atom. The van der Waals surface area contributed by atoms with Gasteiger partial charge in [0.25, 0.3) is 0 Å². The molecule has 0 aromatic heterocycles. The van der Waals surface area contributed by atoms with Crippen LogP contribution in [0.4, 0.5) is 0 Å². The summed E-state index contributed by atoms with van der Waals surface area (Å²) in [6, 6.07) is 0. The number of rotatable bonds is 23. The van der Waals surface area contributed by atoms with Crippen LogP contribution in [-0.2, 0) is 52.4 Å². The molecular weight excluding hydrogens is 855 g/mol. The van der Waals surface area contributed by atoms with E-state index in [4.69, 9.17) is 28.4 Å². The van der Waals surface area contributed by atoms with Crippen molar-refractivity contribution in [3.63, 3.8) is 0 Å². The van der Waals surface area contributed by atoms with Gasteiger partial charge in [0.15, 0.2) is 18.5 Å². The lowest BCUT2D eigenvalue weighted by Gasteiger charge is -2.24. The predicted molar refractivity (Wildman–Crippen MR) is 249 cm³/mol. The van der Waals surface area contributed by atoms with Gasteiger partial charge in [-0.25, -0.2) is 0 Å². The van der Waals surface area contributed by atoms with Crippen molar-refractivity contribution < 1.29 is 57.5 Å². The molecule has 8 fully saturated rings.